The van der Waals surface area contributed by atoms with Gasteiger partial charge in [0.15, 0.2) is 0 Å². The van der Waals surface area contributed by atoms with E-state index in [4.69, 9.17) is 4.74 Å². The van der Waals surface area contributed by atoms with Crippen molar-refractivity contribution in [3.05, 3.63) is 64.2 Å². The van der Waals surface area contributed by atoms with Gasteiger partial charge in [-0.05, 0) is 24.6 Å². The van der Waals surface area contributed by atoms with Crippen LogP contribution in [-0.2, 0) is 14.8 Å². The van der Waals surface area contributed by atoms with E-state index in [1.165, 1.54) is 12.1 Å². The number of carbonyl (C=O) groups is 1. The van der Waals surface area contributed by atoms with Gasteiger partial charge in [-0.25, -0.2) is 8.42 Å². The lowest BCUT2D eigenvalue weighted by Gasteiger charge is -2.23. The van der Waals surface area contributed by atoms with Gasteiger partial charge in [-0.15, -0.1) is 0 Å². The molecule has 0 aliphatic carbocycles. The third kappa shape index (κ3) is 5.95. The zero-order chi connectivity index (χ0) is 20.7. The average molecular weight is 407 g/mol. The molecule has 2 aromatic rings. The number of nitro benzene ring substituents is 1. The van der Waals surface area contributed by atoms with Crippen molar-refractivity contribution in [2.75, 3.05) is 30.3 Å². The molecule has 0 heterocycles. The number of sulfonamides is 1. The number of nitro groups is 1. The fourth-order valence-corrected chi connectivity index (χ4v) is 3.33. The minimum atomic E-state index is -3.83. The molecule has 28 heavy (non-hydrogen) atoms. The second-order valence-corrected chi connectivity index (χ2v) is 7.92. The first kappa shape index (κ1) is 21.2. The highest BCUT2D eigenvalue weighted by Crippen LogP contribution is 2.27. The van der Waals surface area contributed by atoms with Crippen LogP contribution in [0, 0.1) is 17.0 Å². The summed E-state index contributed by atoms with van der Waals surface area (Å²) in [5, 5.41) is 13.6. The molecule has 0 saturated carbocycles. The summed E-state index contributed by atoms with van der Waals surface area (Å²) in [6, 6.07) is 12.9. The van der Waals surface area contributed by atoms with Crippen LogP contribution in [0.4, 0.5) is 11.4 Å². The molecule has 0 aromatic heterocycles. The van der Waals surface area contributed by atoms with Crippen molar-refractivity contribution < 1.29 is 22.9 Å². The predicted molar refractivity (Wildman–Crippen MR) is 105 cm³/mol. The number of nitrogens with zero attached hydrogens (tertiary/aromatic N) is 2. The van der Waals surface area contributed by atoms with Crippen molar-refractivity contribution >= 4 is 27.3 Å². The van der Waals surface area contributed by atoms with Crippen molar-refractivity contribution in [3.8, 4) is 5.75 Å². The maximum atomic E-state index is 12.2. The normalized spacial score (nSPS) is 10.9. The molecular formula is C18H21N3O6S. The number of nitrogens with one attached hydrogen (secondary N) is 1. The number of anilines is 1. The van der Waals surface area contributed by atoms with Gasteiger partial charge in [0, 0.05) is 12.1 Å². The number of hydrogen-bond donors (Lipinski definition) is 1. The highest BCUT2D eigenvalue weighted by atomic mass is 32.2. The molecule has 150 valence electrons. The summed E-state index contributed by atoms with van der Waals surface area (Å²) in [7, 11) is -3.83. The molecule has 1 N–H and O–H groups in total. The van der Waals surface area contributed by atoms with E-state index >= 15 is 0 Å². The first-order valence-electron chi connectivity index (χ1n) is 8.36. The highest BCUT2D eigenvalue weighted by molar-refractivity contribution is 7.92. The molecule has 0 bridgehead atoms. The summed E-state index contributed by atoms with van der Waals surface area (Å²) in [5.74, 6) is 0.106. The topological polar surface area (TPSA) is 119 Å². The molecule has 0 unspecified atom stereocenters. The van der Waals surface area contributed by atoms with Gasteiger partial charge in [-0.1, -0.05) is 24.3 Å². The van der Waals surface area contributed by atoms with Crippen molar-refractivity contribution in [1.82, 2.24) is 5.32 Å². The summed E-state index contributed by atoms with van der Waals surface area (Å²) in [6.45, 7) is 1.51. The Hall–Kier alpha value is -3.14. The van der Waals surface area contributed by atoms with Crippen molar-refractivity contribution in [3.63, 3.8) is 0 Å². The monoisotopic (exact) mass is 407 g/mol. The van der Waals surface area contributed by atoms with Gasteiger partial charge in [0.1, 0.15) is 18.9 Å². The molecular weight excluding hydrogens is 386 g/mol. The third-order valence-corrected chi connectivity index (χ3v) is 4.92. The molecule has 0 fully saturated rings. The van der Waals surface area contributed by atoms with Crippen LogP contribution in [-0.4, -0.2) is 45.2 Å². The SMILES string of the molecule is Cc1ccc([N+](=O)[O-])cc1N(CC(=O)NCCOc1ccccc1)S(C)(=O)=O. The molecule has 10 heteroatoms. The number of aryl methyl sites for hydroxylation is 1. The van der Waals surface area contributed by atoms with Gasteiger partial charge in [0.25, 0.3) is 5.69 Å². The molecule has 0 atom stereocenters. The van der Waals surface area contributed by atoms with Crippen LogP contribution < -0.4 is 14.4 Å². The summed E-state index contributed by atoms with van der Waals surface area (Å²) in [6.07, 6.45) is 0.942. The summed E-state index contributed by atoms with van der Waals surface area (Å²) in [4.78, 5) is 22.6. The van der Waals surface area contributed by atoms with Crippen LogP contribution in [0.2, 0.25) is 0 Å². The Kier molecular flexibility index (Phi) is 6.94. The summed E-state index contributed by atoms with van der Waals surface area (Å²) < 4.78 is 30.6. The van der Waals surface area contributed by atoms with Crippen LogP contribution in [0.15, 0.2) is 48.5 Å². The maximum Gasteiger partial charge on any atom is 0.271 e. The van der Waals surface area contributed by atoms with E-state index in [1.54, 1.807) is 19.1 Å². The first-order chi connectivity index (χ1) is 13.2. The molecule has 0 aliphatic heterocycles. The molecule has 0 spiro atoms. The Labute approximate surface area is 163 Å². The zero-order valence-corrected chi connectivity index (χ0v) is 16.3. The van der Waals surface area contributed by atoms with Crippen LogP contribution in [0.3, 0.4) is 0 Å². The van der Waals surface area contributed by atoms with Crippen molar-refractivity contribution in [1.29, 1.82) is 0 Å². The average Bonchev–Trinajstić information content (AvgIpc) is 2.64. The largest absolute Gasteiger partial charge is 0.492 e. The number of non-ortho nitro benzene ring substituents is 1. The number of ether oxygens (including phenoxy) is 1. The molecule has 2 rings (SSSR count). The van der Waals surface area contributed by atoms with Crippen molar-refractivity contribution in [2.45, 2.75) is 6.92 Å². The fourth-order valence-electron chi connectivity index (χ4n) is 2.42. The Morgan fingerprint density at radius 2 is 1.89 bits per heavy atom. The third-order valence-electron chi connectivity index (χ3n) is 3.80. The molecule has 1 amide bonds. The molecule has 0 saturated heterocycles. The number of hydrogen-bond acceptors (Lipinski definition) is 6. The Balaban J connectivity index is 2.03. The standard InChI is InChI=1S/C18H21N3O6S/c1-14-8-9-15(21(23)24)12-17(14)20(28(2,25)26)13-18(22)19-10-11-27-16-6-4-3-5-7-16/h3-9,12H,10-11,13H2,1-2H3,(H,19,22). The second-order valence-electron chi connectivity index (χ2n) is 6.01. The minimum absolute atomic E-state index is 0.0902. The van der Waals surface area contributed by atoms with E-state index in [0.29, 0.717) is 11.3 Å². The van der Waals surface area contributed by atoms with Crippen LogP contribution in [0.1, 0.15) is 5.56 Å². The summed E-state index contributed by atoms with van der Waals surface area (Å²) in [5.41, 5.74) is 0.328. The second kappa shape index (κ2) is 9.18. The minimum Gasteiger partial charge on any atom is -0.492 e. The Morgan fingerprint density at radius 1 is 1.21 bits per heavy atom. The van der Waals surface area contributed by atoms with E-state index in [2.05, 4.69) is 5.32 Å². The highest BCUT2D eigenvalue weighted by Gasteiger charge is 2.24. The fraction of sp³-hybridized carbons (Fsp3) is 0.278. The van der Waals surface area contributed by atoms with Gasteiger partial charge in [-0.3, -0.25) is 19.2 Å². The van der Waals surface area contributed by atoms with Crippen molar-refractivity contribution in [2.24, 2.45) is 0 Å². The smallest absolute Gasteiger partial charge is 0.271 e. The maximum absolute atomic E-state index is 12.2. The van der Waals surface area contributed by atoms with Gasteiger partial charge >= 0.3 is 0 Å². The van der Waals surface area contributed by atoms with Crippen LogP contribution in [0.5, 0.6) is 5.75 Å². The van der Waals surface area contributed by atoms with Crippen LogP contribution >= 0.6 is 0 Å². The zero-order valence-electron chi connectivity index (χ0n) is 15.5. The molecule has 2 aromatic carbocycles. The lowest BCUT2D eigenvalue weighted by atomic mass is 10.2. The van der Waals surface area contributed by atoms with E-state index in [-0.39, 0.29) is 24.5 Å². The Bertz CT molecular complexity index is 947. The lowest BCUT2D eigenvalue weighted by molar-refractivity contribution is -0.384. The number of benzene rings is 2. The van der Waals surface area contributed by atoms with Gasteiger partial charge < -0.3 is 10.1 Å². The quantitative estimate of drug-likeness (QED) is 0.385. The first-order valence-corrected chi connectivity index (χ1v) is 10.2. The van der Waals surface area contributed by atoms with E-state index in [1.807, 2.05) is 18.2 Å². The number of amides is 1. The number of carbonyl (C=O) groups excluding carboxylic acids is 1. The van der Waals surface area contributed by atoms with E-state index < -0.39 is 27.4 Å². The van der Waals surface area contributed by atoms with Gasteiger partial charge in [0.2, 0.25) is 15.9 Å². The molecule has 0 radical (unpaired) electrons. The van der Waals surface area contributed by atoms with Crippen LogP contribution in [0.25, 0.3) is 0 Å². The molecule has 9 nitrogen and oxygen atoms in total. The predicted octanol–water partition coefficient (Wildman–Crippen LogP) is 1.86. The summed E-state index contributed by atoms with van der Waals surface area (Å²) >= 11 is 0. The van der Waals surface area contributed by atoms with E-state index in [0.717, 1.165) is 16.6 Å². The number of rotatable bonds is 9. The lowest BCUT2D eigenvalue weighted by Crippen LogP contribution is -2.41. The van der Waals surface area contributed by atoms with Gasteiger partial charge in [0.05, 0.1) is 23.4 Å². The van der Waals surface area contributed by atoms with Gasteiger partial charge in [-0.2, -0.15) is 0 Å². The number of para-hydroxylation sites is 1. The molecule has 0 aliphatic rings. The van der Waals surface area contributed by atoms with E-state index in [9.17, 15) is 23.3 Å². The Morgan fingerprint density at radius 3 is 2.50 bits per heavy atom.